The van der Waals surface area contributed by atoms with Crippen molar-refractivity contribution in [2.24, 2.45) is 5.92 Å². The monoisotopic (exact) mass is 314 g/mol. The molecule has 0 bridgehead atoms. The minimum absolute atomic E-state index is 0.192. The van der Waals surface area contributed by atoms with Crippen molar-refractivity contribution in [1.29, 1.82) is 0 Å². The summed E-state index contributed by atoms with van der Waals surface area (Å²) in [5.74, 6) is 0.331. The van der Waals surface area contributed by atoms with Gasteiger partial charge >= 0.3 is 0 Å². The van der Waals surface area contributed by atoms with E-state index in [-0.39, 0.29) is 5.82 Å². The van der Waals surface area contributed by atoms with E-state index in [9.17, 15) is 4.39 Å². The SMILES string of the molecule is CC1CN(C)C(C)CC1Nc1ccc(Br)cc1F. The molecule has 0 amide bonds. The second-order valence-electron chi connectivity index (χ2n) is 5.38. The van der Waals surface area contributed by atoms with Crippen LogP contribution in [0.4, 0.5) is 10.1 Å². The normalized spacial score (nSPS) is 29.3. The Morgan fingerprint density at radius 3 is 2.78 bits per heavy atom. The van der Waals surface area contributed by atoms with E-state index >= 15 is 0 Å². The second-order valence-corrected chi connectivity index (χ2v) is 6.29. The fourth-order valence-electron chi connectivity index (χ4n) is 2.55. The number of benzene rings is 1. The van der Waals surface area contributed by atoms with Crippen molar-refractivity contribution in [3.8, 4) is 0 Å². The maximum Gasteiger partial charge on any atom is 0.147 e. The molecule has 1 aromatic carbocycles. The molecule has 3 unspecified atom stereocenters. The Kier molecular flexibility index (Phi) is 4.28. The van der Waals surface area contributed by atoms with Gasteiger partial charge in [-0.3, -0.25) is 0 Å². The Balaban J connectivity index is 2.08. The molecule has 1 N–H and O–H groups in total. The molecule has 0 radical (unpaired) electrons. The summed E-state index contributed by atoms with van der Waals surface area (Å²) in [5, 5.41) is 3.35. The van der Waals surface area contributed by atoms with Gasteiger partial charge < -0.3 is 10.2 Å². The summed E-state index contributed by atoms with van der Waals surface area (Å²) in [7, 11) is 2.15. The molecule has 3 atom stereocenters. The van der Waals surface area contributed by atoms with Gasteiger partial charge in [0.05, 0.1) is 5.69 Å². The van der Waals surface area contributed by atoms with Crippen LogP contribution in [-0.4, -0.2) is 30.6 Å². The van der Waals surface area contributed by atoms with E-state index in [1.807, 2.05) is 6.07 Å². The van der Waals surface area contributed by atoms with Crippen LogP contribution in [0.25, 0.3) is 0 Å². The molecule has 1 aliphatic heterocycles. The van der Waals surface area contributed by atoms with E-state index in [4.69, 9.17) is 0 Å². The Labute approximate surface area is 117 Å². The van der Waals surface area contributed by atoms with E-state index in [1.165, 1.54) is 6.07 Å². The Morgan fingerprint density at radius 1 is 1.39 bits per heavy atom. The van der Waals surface area contributed by atoms with E-state index in [0.717, 1.165) is 17.4 Å². The number of likely N-dealkylation sites (tertiary alicyclic amines) is 1. The summed E-state index contributed by atoms with van der Waals surface area (Å²) in [6.07, 6.45) is 1.05. The van der Waals surface area contributed by atoms with Crippen LogP contribution in [0, 0.1) is 11.7 Å². The zero-order chi connectivity index (χ0) is 13.3. The first kappa shape index (κ1) is 13.8. The minimum atomic E-state index is -0.192. The van der Waals surface area contributed by atoms with Crippen LogP contribution in [0.3, 0.4) is 0 Å². The molecular formula is C14H20BrFN2. The molecule has 1 aromatic rings. The lowest BCUT2D eigenvalue weighted by Gasteiger charge is -2.40. The fraction of sp³-hybridized carbons (Fsp3) is 0.571. The van der Waals surface area contributed by atoms with Crippen molar-refractivity contribution in [3.05, 3.63) is 28.5 Å². The van der Waals surface area contributed by atoms with Crippen molar-refractivity contribution in [2.75, 3.05) is 18.9 Å². The van der Waals surface area contributed by atoms with E-state index in [1.54, 1.807) is 6.07 Å². The summed E-state index contributed by atoms with van der Waals surface area (Å²) in [5.41, 5.74) is 0.604. The molecule has 0 spiro atoms. The Bertz CT molecular complexity index is 424. The third-order valence-electron chi connectivity index (χ3n) is 3.88. The van der Waals surface area contributed by atoms with E-state index in [2.05, 4.69) is 47.0 Å². The minimum Gasteiger partial charge on any atom is -0.380 e. The molecule has 1 saturated heterocycles. The van der Waals surface area contributed by atoms with E-state index < -0.39 is 0 Å². The molecule has 2 nitrogen and oxygen atoms in total. The number of nitrogens with one attached hydrogen (secondary N) is 1. The lowest BCUT2D eigenvalue weighted by Crippen LogP contribution is -2.48. The summed E-state index contributed by atoms with van der Waals surface area (Å²) in [6.45, 7) is 5.49. The van der Waals surface area contributed by atoms with Crippen molar-refractivity contribution >= 4 is 21.6 Å². The Hall–Kier alpha value is -0.610. The van der Waals surface area contributed by atoms with Crippen LogP contribution in [0.15, 0.2) is 22.7 Å². The number of hydrogen-bond acceptors (Lipinski definition) is 2. The molecule has 4 heteroatoms. The molecule has 100 valence electrons. The first-order valence-electron chi connectivity index (χ1n) is 6.39. The zero-order valence-electron chi connectivity index (χ0n) is 11.1. The standard InChI is InChI=1S/C14H20BrFN2/c1-9-8-18(3)10(2)6-14(9)17-13-5-4-11(15)7-12(13)16/h4-5,7,9-10,14,17H,6,8H2,1-3H3. The fourth-order valence-corrected chi connectivity index (χ4v) is 2.88. The molecule has 1 fully saturated rings. The molecule has 0 aromatic heterocycles. The first-order chi connectivity index (χ1) is 8.47. The number of anilines is 1. The zero-order valence-corrected chi connectivity index (χ0v) is 12.7. The van der Waals surface area contributed by atoms with Crippen LogP contribution in [0.5, 0.6) is 0 Å². The highest BCUT2D eigenvalue weighted by Gasteiger charge is 2.29. The molecule has 0 aliphatic carbocycles. The second kappa shape index (κ2) is 5.57. The van der Waals surface area contributed by atoms with Gasteiger partial charge in [-0.1, -0.05) is 22.9 Å². The van der Waals surface area contributed by atoms with Gasteiger partial charge in [-0.25, -0.2) is 4.39 Å². The van der Waals surface area contributed by atoms with Crippen molar-refractivity contribution in [3.63, 3.8) is 0 Å². The third-order valence-corrected chi connectivity index (χ3v) is 4.38. The quantitative estimate of drug-likeness (QED) is 0.894. The lowest BCUT2D eigenvalue weighted by molar-refractivity contribution is 0.145. The molecule has 18 heavy (non-hydrogen) atoms. The van der Waals surface area contributed by atoms with Gasteiger partial charge in [0.15, 0.2) is 0 Å². The van der Waals surface area contributed by atoms with Crippen LogP contribution in [0.1, 0.15) is 20.3 Å². The summed E-state index contributed by atoms with van der Waals surface area (Å²) < 4.78 is 14.6. The first-order valence-corrected chi connectivity index (χ1v) is 7.18. The van der Waals surface area contributed by atoms with Crippen molar-refractivity contribution in [1.82, 2.24) is 4.90 Å². The molecule has 2 rings (SSSR count). The Morgan fingerprint density at radius 2 is 2.11 bits per heavy atom. The highest BCUT2D eigenvalue weighted by molar-refractivity contribution is 9.10. The smallest absolute Gasteiger partial charge is 0.147 e. The molecule has 1 heterocycles. The third kappa shape index (κ3) is 3.04. The maximum atomic E-state index is 13.8. The summed E-state index contributed by atoms with van der Waals surface area (Å²) in [4.78, 5) is 2.36. The molecular weight excluding hydrogens is 295 g/mol. The van der Waals surface area contributed by atoms with Crippen LogP contribution in [0.2, 0.25) is 0 Å². The van der Waals surface area contributed by atoms with Crippen LogP contribution < -0.4 is 5.32 Å². The van der Waals surface area contributed by atoms with Crippen LogP contribution in [-0.2, 0) is 0 Å². The van der Waals surface area contributed by atoms with Crippen molar-refractivity contribution in [2.45, 2.75) is 32.4 Å². The number of rotatable bonds is 2. The highest BCUT2D eigenvalue weighted by Crippen LogP contribution is 2.26. The van der Waals surface area contributed by atoms with E-state index in [0.29, 0.717) is 23.7 Å². The predicted molar refractivity (Wildman–Crippen MR) is 77.4 cm³/mol. The largest absolute Gasteiger partial charge is 0.380 e. The van der Waals surface area contributed by atoms with Gasteiger partial charge in [0, 0.05) is 23.1 Å². The number of halogens is 2. The predicted octanol–water partition coefficient (Wildman–Crippen LogP) is 3.73. The van der Waals surface area contributed by atoms with Gasteiger partial charge in [-0.2, -0.15) is 0 Å². The molecule has 1 aliphatic rings. The number of hydrogen-bond donors (Lipinski definition) is 1. The van der Waals surface area contributed by atoms with Gasteiger partial charge in [-0.15, -0.1) is 0 Å². The average molecular weight is 315 g/mol. The topological polar surface area (TPSA) is 15.3 Å². The van der Waals surface area contributed by atoms with Gasteiger partial charge in [0.2, 0.25) is 0 Å². The highest BCUT2D eigenvalue weighted by atomic mass is 79.9. The number of piperidine rings is 1. The van der Waals surface area contributed by atoms with Gasteiger partial charge in [0.25, 0.3) is 0 Å². The lowest BCUT2D eigenvalue weighted by atomic mass is 9.89. The summed E-state index contributed by atoms with van der Waals surface area (Å²) in [6, 6.07) is 6.05. The van der Waals surface area contributed by atoms with Gasteiger partial charge in [-0.05, 0) is 44.5 Å². The summed E-state index contributed by atoms with van der Waals surface area (Å²) >= 11 is 3.28. The van der Waals surface area contributed by atoms with Gasteiger partial charge in [0.1, 0.15) is 5.82 Å². The number of nitrogens with zero attached hydrogens (tertiary/aromatic N) is 1. The molecule has 0 saturated carbocycles. The average Bonchev–Trinajstić information content (AvgIpc) is 2.29. The maximum absolute atomic E-state index is 13.8. The van der Waals surface area contributed by atoms with Crippen LogP contribution >= 0.6 is 15.9 Å². The van der Waals surface area contributed by atoms with Crippen molar-refractivity contribution < 1.29 is 4.39 Å².